The fourth-order valence-electron chi connectivity index (χ4n) is 2.44. The minimum atomic E-state index is -3.77. The van der Waals surface area contributed by atoms with Crippen LogP contribution in [0.4, 0.5) is 5.13 Å². The van der Waals surface area contributed by atoms with Crippen LogP contribution in [0.3, 0.4) is 0 Å². The van der Waals surface area contributed by atoms with Crippen molar-refractivity contribution >= 4 is 42.4 Å². The molecule has 0 atom stereocenters. The van der Waals surface area contributed by atoms with Crippen LogP contribution in [0.5, 0.6) is 11.5 Å². The van der Waals surface area contributed by atoms with E-state index in [4.69, 9.17) is 9.47 Å². The number of carbonyl (C=O) groups excluding carboxylic acids is 1. The Kier molecular flexibility index (Phi) is 5.62. The van der Waals surface area contributed by atoms with Gasteiger partial charge in [0, 0.05) is 0 Å². The van der Waals surface area contributed by atoms with Crippen molar-refractivity contribution in [2.45, 2.75) is 11.8 Å². The fourth-order valence-corrected chi connectivity index (χ4v) is 4.48. The van der Waals surface area contributed by atoms with E-state index in [1.165, 1.54) is 42.7 Å². The zero-order valence-corrected chi connectivity index (χ0v) is 16.4. The van der Waals surface area contributed by atoms with Gasteiger partial charge in [-0.3, -0.25) is 4.79 Å². The van der Waals surface area contributed by atoms with E-state index in [0.29, 0.717) is 28.8 Å². The van der Waals surface area contributed by atoms with Crippen LogP contribution in [0.1, 0.15) is 6.92 Å². The maximum Gasteiger partial charge on any atom is 0.241 e. The number of aromatic nitrogens is 1. The van der Waals surface area contributed by atoms with E-state index >= 15 is 0 Å². The third-order valence-electron chi connectivity index (χ3n) is 3.67. The van der Waals surface area contributed by atoms with Crippen molar-refractivity contribution < 1.29 is 22.7 Å². The molecule has 1 N–H and O–H groups in total. The summed E-state index contributed by atoms with van der Waals surface area (Å²) in [5.74, 6) is -0.161. The Morgan fingerprint density at radius 2 is 1.93 bits per heavy atom. The maximum atomic E-state index is 12.4. The quantitative estimate of drug-likeness (QED) is 0.648. The van der Waals surface area contributed by atoms with Crippen LogP contribution >= 0.6 is 11.3 Å². The standard InChI is InChI=1S/C18H18N2O5S2/c1-3-25-14-5-4-6-15-17(14)20-18(26-15)19-16(21)11-27(22,23)13-9-7-12(24-2)8-10-13/h4-10H,3,11H2,1-2H3,(H,19,20,21). The molecule has 0 saturated carbocycles. The van der Waals surface area contributed by atoms with Crippen molar-refractivity contribution in [2.24, 2.45) is 0 Å². The van der Waals surface area contributed by atoms with Crippen molar-refractivity contribution in [3.05, 3.63) is 42.5 Å². The van der Waals surface area contributed by atoms with Gasteiger partial charge in [-0.25, -0.2) is 13.4 Å². The zero-order chi connectivity index (χ0) is 19.4. The normalized spacial score (nSPS) is 11.3. The lowest BCUT2D eigenvalue weighted by atomic mass is 10.3. The molecule has 3 rings (SSSR count). The first-order valence-electron chi connectivity index (χ1n) is 8.12. The van der Waals surface area contributed by atoms with Crippen molar-refractivity contribution in [2.75, 3.05) is 24.8 Å². The number of hydrogen-bond acceptors (Lipinski definition) is 7. The molecule has 0 fully saturated rings. The maximum absolute atomic E-state index is 12.4. The molecule has 142 valence electrons. The van der Waals surface area contributed by atoms with Crippen LogP contribution < -0.4 is 14.8 Å². The number of rotatable bonds is 7. The zero-order valence-electron chi connectivity index (χ0n) is 14.8. The molecule has 1 heterocycles. The van der Waals surface area contributed by atoms with Crippen LogP contribution in [-0.2, 0) is 14.6 Å². The van der Waals surface area contributed by atoms with Crippen LogP contribution in [0.2, 0.25) is 0 Å². The second kappa shape index (κ2) is 7.93. The van der Waals surface area contributed by atoms with Gasteiger partial charge in [0.1, 0.15) is 22.8 Å². The summed E-state index contributed by atoms with van der Waals surface area (Å²) >= 11 is 1.26. The van der Waals surface area contributed by atoms with Gasteiger partial charge in [-0.15, -0.1) is 0 Å². The first-order valence-corrected chi connectivity index (χ1v) is 10.6. The molecule has 27 heavy (non-hydrogen) atoms. The molecule has 0 unspecified atom stereocenters. The van der Waals surface area contributed by atoms with Crippen LogP contribution in [0.15, 0.2) is 47.4 Å². The number of ether oxygens (including phenoxy) is 2. The number of fused-ring (bicyclic) bond motifs is 1. The third-order valence-corrected chi connectivity index (χ3v) is 6.24. The SMILES string of the molecule is CCOc1cccc2sc(NC(=O)CS(=O)(=O)c3ccc(OC)cc3)nc12. The lowest BCUT2D eigenvalue weighted by molar-refractivity contribution is -0.113. The van der Waals surface area contributed by atoms with Gasteiger partial charge >= 0.3 is 0 Å². The molecule has 0 saturated heterocycles. The predicted octanol–water partition coefficient (Wildman–Crippen LogP) is 3.12. The molecular formula is C18H18N2O5S2. The van der Waals surface area contributed by atoms with E-state index in [-0.39, 0.29) is 4.90 Å². The first-order chi connectivity index (χ1) is 12.9. The number of para-hydroxylation sites is 1. The Labute approximate surface area is 160 Å². The highest BCUT2D eigenvalue weighted by molar-refractivity contribution is 7.92. The smallest absolute Gasteiger partial charge is 0.241 e. The molecule has 0 aliphatic carbocycles. The number of benzene rings is 2. The fraction of sp³-hybridized carbons (Fsp3) is 0.222. The number of amides is 1. The Morgan fingerprint density at radius 1 is 1.19 bits per heavy atom. The van der Waals surface area contributed by atoms with Gasteiger partial charge in [-0.1, -0.05) is 17.4 Å². The second-order valence-corrected chi connectivity index (χ2v) is 8.56. The van der Waals surface area contributed by atoms with Gasteiger partial charge in [-0.05, 0) is 43.3 Å². The summed E-state index contributed by atoms with van der Waals surface area (Å²) in [6.45, 7) is 2.37. The largest absolute Gasteiger partial charge is 0.497 e. The molecule has 0 radical (unpaired) electrons. The summed E-state index contributed by atoms with van der Waals surface area (Å²) in [6, 6.07) is 11.4. The number of thiazole rings is 1. The average molecular weight is 406 g/mol. The van der Waals surface area contributed by atoms with Crippen molar-refractivity contribution in [1.29, 1.82) is 0 Å². The van der Waals surface area contributed by atoms with Gasteiger partial charge in [0.05, 0.1) is 23.3 Å². The van der Waals surface area contributed by atoms with Gasteiger partial charge in [0.15, 0.2) is 15.0 Å². The van der Waals surface area contributed by atoms with E-state index in [1.807, 2.05) is 19.1 Å². The van der Waals surface area contributed by atoms with Crippen LogP contribution in [0.25, 0.3) is 10.2 Å². The van der Waals surface area contributed by atoms with E-state index in [0.717, 1.165) is 4.70 Å². The molecule has 0 aliphatic heterocycles. The van der Waals surface area contributed by atoms with E-state index in [1.54, 1.807) is 6.07 Å². The molecule has 0 spiro atoms. The lowest BCUT2D eigenvalue weighted by Crippen LogP contribution is -2.22. The van der Waals surface area contributed by atoms with E-state index in [2.05, 4.69) is 10.3 Å². The molecule has 1 amide bonds. The topological polar surface area (TPSA) is 94.6 Å². The van der Waals surface area contributed by atoms with Crippen molar-refractivity contribution in [3.63, 3.8) is 0 Å². The Hall–Kier alpha value is -2.65. The Balaban J connectivity index is 1.75. The minimum absolute atomic E-state index is 0.0568. The summed E-state index contributed by atoms with van der Waals surface area (Å²) in [7, 11) is -2.27. The predicted molar refractivity (Wildman–Crippen MR) is 104 cm³/mol. The monoisotopic (exact) mass is 406 g/mol. The highest BCUT2D eigenvalue weighted by Crippen LogP contribution is 2.32. The van der Waals surface area contributed by atoms with Gasteiger partial charge in [0.2, 0.25) is 5.91 Å². The number of methoxy groups -OCH3 is 1. The van der Waals surface area contributed by atoms with Crippen LogP contribution in [-0.4, -0.2) is 38.8 Å². The third kappa shape index (κ3) is 4.37. The molecule has 7 nitrogen and oxygen atoms in total. The summed E-state index contributed by atoms with van der Waals surface area (Å²) in [4.78, 5) is 16.6. The van der Waals surface area contributed by atoms with E-state index in [9.17, 15) is 13.2 Å². The van der Waals surface area contributed by atoms with Gasteiger partial charge in [-0.2, -0.15) is 0 Å². The Morgan fingerprint density at radius 3 is 2.59 bits per heavy atom. The number of sulfone groups is 1. The van der Waals surface area contributed by atoms with Crippen molar-refractivity contribution in [1.82, 2.24) is 4.98 Å². The second-order valence-electron chi connectivity index (χ2n) is 5.54. The summed E-state index contributed by atoms with van der Waals surface area (Å²) in [5.41, 5.74) is 0.637. The molecule has 2 aromatic carbocycles. The highest BCUT2D eigenvalue weighted by Gasteiger charge is 2.20. The average Bonchev–Trinajstić information content (AvgIpc) is 3.04. The van der Waals surface area contributed by atoms with Gasteiger partial charge < -0.3 is 14.8 Å². The van der Waals surface area contributed by atoms with E-state index < -0.39 is 21.5 Å². The van der Waals surface area contributed by atoms with Crippen LogP contribution in [0, 0.1) is 0 Å². The summed E-state index contributed by atoms with van der Waals surface area (Å²) in [5, 5.41) is 2.88. The number of nitrogens with zero attached hydrogens (tertiary/aromatic N) is 1. The number of carbonyl (C=O) groups is 1. The molecule has 3 aromatic rings. The lowest BCUT2D eigenvalue weighted by Gasteiger charge is -2.05. The number of anilines is 1. The van der Waals surface area contributed by atoms with Gasteiger partial charge in [0.25, 0.3) is 0 Å². The Bertz CT molecular complexity index is 1060. The molecule has 0 aliphatic rings. The molecule has 0 bridgehead atoms. The molecular weight excluding hydrogens is 388 g/mol. The molecule has 1 aromatic heterocycles. The molecule has 9 heteroatoms. The number of hydrogen-bond donors (Lipinski definition) is 1. The summed E-state index contributed by atoms with van der Waals surface area (Å²) < 4.78 is 36.2. The summed E-state index contributed by atoms with van der Waals surface area (Å²) in [6.07, 6.45) is 0. The first kappa shape index (κ1) is 19.1. The highest BCUT2D eigenvalue weighted by atomic mass is 32.2. The number of nitrogens with one attached hydrogen (secondary N) is 1. The minimum Gasteiger partial charge on any atom is -0.497 e. The van der Waals surface area contributed by atoms with Crippen molar-refractivity contribution in [3.8, 4) is 11.5 Å².